The Labute approximate surface area is 96.0 Å². The standard InChI is InChI=1S/C9H7Cl2NOS/c10-6-2-1-5(3-7(6)11)9-12-8(13)4-14-9/h1-3,9H,4H2,(H,12,13)/t9-/m1/s1. The second-order valence-corrected chi connectivity index (χ2v) is 4.84. The molecule has 2 nitrogen and oxygen atoms in total. The number of amides is 1. The summed E-state index contributed by atoms with van der Waals surface area (Å²) in [6.45, 7) is 0. The van der Waals surface area contributed by atoms with Gasteiger partial charge < -0.3 is 5.32 Å². The lowest BCUT2D eigenvalue weighted by Crippen LogP contribution is -2.18. The molecule has 1 aliphatic rings. The molecule has 0 radical (unpaired) electrons. The van der Waals surface area contributed by atoms with Crippen molar-refractivity contribution in [2.45, 2.75) is 5.37 Å². The average Bonchev–Trinajstić information content (AvgIpc) is 2.57. The van der Waals surface area contributed by atoms with E-state index in [-0.39, 0.29) is 11.3 Å². The van der Waals surface area contributed by atoms with Gasteiger partial charge in [-0.25, -0.2) is 0 Å². The lowest BCUT2D eigenvalue weighted by molar-refractivity contribution is -0.118. The van der Waals surface area contributed by atoms with Crippen LogP contribution in [0, 0.1) is 0 Å². The molecule has 0 bridgehead atoms. The molecule has 1 aliphatic heterocycles. The number of nitrogens with one attached hydrogen (secondary N) is 1. The first kappa shape index (κ1) is 10.1. The van der Waals surface area contributed by atoms with E-state index in [1.54, 1.807) is 23.9 Å². The van der Waals surface area contributed by atoms with Gasteiger partial charge in [-0.15, -0.1) is 11.8 Å². The van der Waals surface area contributed by atoms with Crippen molar-refractivity contribution in [1.29, 1.82) is 0 Å². The number of rotatable bonds is 1. The van der Waals surface area contributed by atoms with E-state index in [9.17, 15) is 4.79 Å². The first-order valence-electron chi connectivity index (χ1n) is 4.03. The molecule has 14 heavy (non-hydrogen) atoms. The van der Waals surface area contributed by atoms with Gasteiger partial charge in [0.1, 0.15) is 5.37 Å². The van der Waals surface area contributed by atoms with Crippen molar-refractivity contribution >= 4 is 40.9 Å². The van der Waals surface area contributed by atoms with Gasteiger partial charge in [0, 0.05) is 0 Å². The van der Waals surface area contributed by atoms with Crippen LogP contribution in [-0.4, -0.2) is 11.7 Å². The summed E-state index contributed by atoms with van der Waals surface area (Å²) in [4.78, 5) is 11.0. The van der Waals surface area contributed by atoms with Gasteiger partial charge in [-0.05, 0) is 17.7 Å². The van der Waals surface area contributed by atoms with Crippen molar-refractivity contribution in [3.63, 3.8) is 0 Å². The van der Waals surface area contributed by atoms with Gasteiger partial charge in [0.25, 0.3) is 0 Å². The second kappa shape index (κ2) is 4.01. The fourth-order valence-corrected chi connectivity index (χ4v) is 2.51. The maximum absolute atomic E-state index is 11.0. The molecule has 0 aromatic heterocycles. The van der Waals surface area contributed by atoms with Crippen LogP contribution in [0.5, 0.6) is 0 Å². The van der Waals surface area contributed by atoms with Crippen LogP contribution in [0.15, 0.2) is 18.2 Å². The van der Waals surface area contributed by atoms with Crippen LogP contribution in [0.2, 0.25) is 10.0 Å². The van der Waals surface area contributed by atoms with Gasteiger partial charge in [0.2, 0.25) is 5.91 Å². The molecule has 0 aliphatic carbocycles. The number of benzene rings is 1. The fourth-order valence-electron chi connectivity index (χ4n) is 1.24. The summed E-state index contributed by atoms with van der Waals surface area (Å²) in [7, 11) is 0. The van der Waals surface area contributed by atoms with Gasteiger partial charge in [0.15, 0.2) is 0 Å². The average molecular weight is 248 g/mol. The minimum absolute atomic E-state index is 0.0114. The van der Waals surface area contributed by atoms with Crippen molar-refractivity contribution in [2.75, 3.05) is 5.75 Å². The van der Waals surface area contributed by atoms with E-state index >= 15 is 0 Å². The first-order valence-corrected chi connectivity index (χ1v) is 5.83. The zero-order valence-electron chi connectivity index (χ0n) is 7.09. The van der Waals surface area contributed by atoms with E-state index in [0.717, 1.165) is 5.56 Å². The summed E-state index contributed by atoms with van der Waals surface area (Å²) in [6.07, 6.45) is 0. The van der Waals surface area contributed by atoms with Crippen LogP contribution >= 0.6 is 35.0 Å². The molecule has 1 aromatic rings. The van der Waals surface area contributed by atoms with Crippen LogP contribution in [0.1, 0.15) is 10.9 Å². The monoisotopic (exact) mass is 247 g/mol. The number of hydrogen-bond donors (Lipinski definition) is 1. The summed E-state index contributed by atoms with van der Waals surface area (Å²) in [5.41, 5.74) is 0.982. The second-order valence-electron chi connectivity index (χ2n) is 2.93. The van der Waals surface area contributed by atoms with Crippen LogP contribution in [-0.2, 0) is 4.79 Å². The van der Waals surface area contributed by atoms with E-state index in [2.05, 4.69) is 5.32 Å². The zero-order valence-corrected chi connectivity index (χ0v) is 9.42. The Hall–Kier alpha value is -0.380. The smallest absolute Gasteiger partial charge is 0.231 e. The van der Waals surface area contributed by atoms with E-state index < -0.39 is 0 Å². The Morgan fingerprint density at radius 1 is 1.36 bits per heavy atom. The third kappa shape index (κ3) is 2.00. The molecule has 1 aromatic carbocycles. The highest BCUT2D eigenvalue weighted by Gasteiger charge is 2.23. The van der Waals surface area contributed by atoms with Crippen molar-refractivity contribution in [3.05, 3.63) is 33.8 Å². The molecule has 1 N–H and O–H groups in total. The number of carbonyl (C=O) groups excluding carboxylic acids is 1. The molecule has 1 fully saturated rings. The predicted molar refractivity (Wildman–Crippen MR) is 59.8 cm³/mol. The number of hydrogen-bond acceptors (Lipinski definition) is 2. The minimum Gasteiger partial charge on any atom is -0.339 e. The molecule has 5 heteroatoms. The lowest BCUT2D eigenvalue weighted by Gasteiger charge is -2.09. The van der Waals surface area contributed by atoms with Crippen molar-refractivity contribution < 1.29 is 4.79 Å². The molecule has 1 amide bonds. The normalized spacial score (nSPS) is 21.0. The highest BCUT2D eigenvalue weighted by atomic mass is 35.5. The van der Waals surface area contributed by atoms with E-state index in [1.807, 2.05) is 6.07 Å². The molecule has 1 atom stereocenters. The van der Waals surface area contributed by atoms with Crippen molar-refractivity contribution in [3.8, 4) is 0 Å². The summed E-state index contributed by atoms with van der Waals surface area (Å²) >= 11 is 13.2. The molecular formula is C9H7Cl2NOS. The van der Waals surface area contributed by atoms with Gasteiger partial charge in [0.05, 0.1) is 15.8 Å². The molecule has 1 saturated heterocycles. The predicted octanol–water partition coefficient (Wildman–Crippen LogP) is 2.86. The van der Waals surface area contributed by atoms with E-state index in [0.29, 0.717) is 15.8 Å². The van der Waals surface area contributed by atoms with E-state index in [4.69, 9.17) is 23.2 Å². The van der Waals surface area contributed by atoms with Gasteiger partial charge in [-0.1, -0.05) is 29.3 Å². The highest BCUT2D eigenvalue weighted by molar-refractivity contribution is 8.00. The molecule has 74 valence electrons. The summed E-state index contributed by atoms with van der Waals surface area (Å²) in [5.74, 6) is 0.566. The summed E-state index contributed by atoms with van der Waals surface area (Å²) in [6, 6.07) is 5.40. The Balaban J connectivity index is 2.24. The van der Waals surface area contributed by atoms with Gasteiger partial charge in [-0.2, -0.15) is 0 Å². The Morgan fingerprint density at radius 2 is 2.14 bits per heavy atom. The molecule has 2 rings (SSSR count). The quantitative estimate of drug-likeness (QED) is 0.827. The third-order valence-electron chi connectivity index (χ3n) is 1.92. The Morgan fingerprint density at radius 3 is 2.71 bits per heavy atom. The summed E-state index contributed by atoms with van der Waals surface area (Å²) < 4.78 is 0. The number of halogens is 2. The van der Waals surface area contributed by atoms with Crippen molar-refractivity contribution in [2.24, 2.45) is 0 Å². The molecule has 0 saturated carbocycles. The SMILES string of the molecule is O=C1CS[C@H](c2ccc(Cl)c(Cl)c2)N1. The number of carbonyl (C=O) groups is 1. The van der Waals surface area contributed by atoms with Crippen molar-refractivity contribution in [1.82, 2.24) is 5.32 Å². The lowest BCUT2D eigenvalue weighted by atomic mass is 10.2. The number of thioether (sulfide) groups is 1. The molecule has 0 spiro atoms. The minimum atomic E-state index is 0.0114. The maximum atomic E-state index is 11.0. The fraction of sp³-hybridized carbons (Fsp3) is 0.222. The highest BCUT2D eigenvalue weighted by Crippen LogP contribution is 2.33. The maximum Gasteiger partial charge on any atom is 0.231 e. The topological polar surface area (TPSA) is 29.1 Å². The Kier molecular flexibility index (Phi) is 2.91. The molecule has 1 heterocycles. The Bertz CT molecular complexity index is 383. The van der Waals surface area contributed by atoms with Gasteiger partial charge >= 0.3 is 0 Å². The van der Waals surface area contributed by atoms with E-state index in [1.165, 1.54) is 0 Å². The molecule has 0 unspecified atom stereocenters. The molecular weight excluding hydrogens is 241 g/mol. The van der Waals surface area contributed by atoms with Crippen LogP contribution in [0.25, 0.3) is 0 Å². The van der Waals surface area contributed by atoms with Crippen LogP contribution < -0.4 is 5.32 Å². The third-order valence-corrected chi connectivity index (χ3v) is 3.81. The van der Waals surface area contributed by atoms with Crippen LogP contribution in [0.3, 0.4) is 0 Å². The first-order chi connectivity index (χ1) is 6.66. The van der Waals surface area contributed by atoms with Gasteiger partial charge in [-0.3, -0.25) is 4.79 Å². The zero-order chi connectivity index (χ0) is 10.1. The largest absolute Gasteiger partial charge is 0.339 e. The summed E-state index contributed by atoms with van der Waals surface area (Å²) in [5, 5.41) is 3.90. The van der Waals surface area contributed by atoms with Crippen LogP contribution in [0.4, 0.5) is 0 Å².